The van der Waals surface area contributed by atoms with Crippen LogP contribution in [-0.2, 0) is 0 Å². The van der Waals surface area contributed by atoms with Crippen molar-refractivity contribution in [1.82, 2.24) is 19.9 Å². The number of nitrogens with zero attached hydrogens (tertiary/aromatic N) is 4. The van der Waals surface area contributed by atoms with Crippen LogP contribution >= 0.6 is 0 Å². The number of benzene rings is 6. The van der Waals surface area contributed by atoms with Crippen LogP contribution in [0.1, 0.15) is 17.9 Å². The fraction of sp³-hybridized carbons (Fsp3) is 0.0417. The summed E-state index contributed by atoms with van der Waals surface area (Å²) >= 11 is 0. The van der Waals surface area contributed by atoms with E-state index in [0.717, 1.165) is 83.3 Å². The van der Waals surface area contributed by atoms with Crippen LogP contribution in [0.15, 0.2) is 173 Å². The number of para-hydroxylation sites is 2. The maximum atomic E-state index is 6.30. The highest BCUT2D eigenvalue weighted by Gasteiger charge is 2.21. The number of pyridine rings is 1. The number of rotatable bonds is 5. The van der Waals surface area contributed by atoms with Gasteiger partial charge in [0, 0.05) is 45.0 Å². The molecule has 4 heterocycles. The Hall–Kier alpha value is -7.18. The topological polar surface area (TPSA) is 77.8 Å². The zero-order valence-corrected chi connectivity index (χ0v) is 29.0. The SMILES string of the molecule is C1=CCC(c2cccc(-c3nc(-c4cccc5c(-c6ccnc7oc8ccccc8c67)cccc45)nc(-c4cccc5oc6ccccc6c45)n3)c2)C=C1. The lowest BCUT2D eigenvalue weighted by Gasteiger charge is -2.15. The summed E-state index contributed by atoms with van der Waals surface area (Å²) < 4.78 is 12.5. The van der Waals surface area contributed by atoms with Crippen molar-refractivity contribution in [3.8, 4) is 45.3 Å². The molecule has 1 aliphatic carbocycles. The Kier molecular flexibility index (Phi) is 6.89. The molecule has 0 amide bonds. The van der Waals surface area contributed by atoms with Crippen molar-refractivity contribution >= 4 is 54.8 Å². The molecule has 0 radical (unpaired) electrons. The second-order valence-electron chi connectivity index (χ2n) is 13.7. The smallest absolute Gasteiger partial charge is 0.227 e. The van der Waals surface area contributed by atoms with E-state index < -0.39 is 0 Å². The molecule has 0 fully saturated rings. The number of aromatic nitrogens is 4. The minimum atomic E-state index is 0.297. The van der Waals surface area contributed by atoms with Crippen molar-refractivity contribution in [3.05, 3.63) is 170 Å². The molecule has 6 nitrogen and oxygen atoms in total. The fourth-order valence-corrected chi connectivity index (χ4v) is 8.05. The van der Waals surface area contributed by atoms with Gasteiger partial charge >= 0.3 is 0 Å². The van der Waals surface area contributed by atoms with Crippen LogP contribution in [0, 0.1) is 0 Å². The molecule has 0 bridgehead atoms. The van der Waals surface area contributed by atoms with E-state index in [1.54, 1.807) is 0 Å². The van der Waals surface area contributed by atoms with Gasteiger partial charge in [-0.2, -0.15) is 0 Å². The van der Waals surface area contributed by atoms with Gasteiger partial charge in [-0.1, -0.05) is 127 Å². The first-order chi connectivity index (χ1) is 26.8. The zero-order valence-electron chi connectivity index (χ0n) is 29.0. The normalized spacial score (nSPS) is 14.3. The third-order valence-electron chi connectivity index (χ3n) is 10.6. The summed E-state index contributed by atoms with van der Waals surface area (Å²) in [6.45, 7) is 0. The quantitative estimate of drug-likeness (QED) is 0.178. The number of hydrogen-bond donors (Lipinski definition) is 0. The van der Waals surface area contributed by atoms with Crippen LogP contribution in [0.5, 0.6) is 0 Å². The summed E-state index contributed by atoms with van der Waals surface area (Å²) in [7, 11) is 0. The molecule has 0 spiro atoms. The Morgan fingerprint density at radius 1 is 0.481 bits per heavy atom. The third kappa shape index (κ3) is 4.88. The number of hydrogen-bond acceptors (Lipinski definition) is 6. The van der Waals surface area contributed by atoms with Gasteiger partial charge in [0.05, 0.1) is 5.39 Å². The highest BCUT2D eigenvalue weighted by molar-refractivity contribution is 6.15. The molecule has 1 unspecified atom stereocenters. The summed E-state index contributed by atoms with van der Waals surface area (Å²) in [6, 6.07) is 45.8. The van der Waals surface area contributed by atoms with E-state index in [4.69, 9.17) is 23.8 Å². The highest BCUT2D eigenvalue weighted by atomic mass is 16.3. The van der Waals surface area contributed by atoms with Crippen LogP contribution in [-0.4, -0.2) is 19.9 Å². The summed E-state index contributed by atoms with van der Waals surface area (Å²) in [5.74, 6) is 2.10. The monoisotopic (exact) mass is 694 g/mol. The Bertz CT molecular complexity index is 3170. The van der Waals surface area contributed by atoms with Gasteiger partial charge in [0.1, 0.15) is 16.7 Å². The van der Waals surface area contributed by atoms with Gasteiger partial charge in [-0.25, -0.2) is 19.9 Å². The molecule has 0 N–H and O–H groups in total. The van der Waals surface area contributed by atoms with E-state index in [1.165, 1.54) is 5.56 Å². The van der Waals surface area contributed by atoms with Gasteiger partial charge in [0.25, 0.3) is 0 Å². The molecular weight excluding hydrogens is 665 g/mol. The summed E-state index contributed by atoms with van der Waals surface area (Å²) in [4.78, 5) is 20.3. The Morgan fingerprint density at radius 2 is 1.13 bits per heavy atom. The van der Waals surface area contributed by atoms with Gasteiger partial charge < -0.3 is 8.83 Å². The zero-order chi connectivity index (χ0) is 35.6. The van der Waals surface area contributed by atoms with E-state index in [9.17, 15) is 0 Å². The Labute approximate surface area is 309 Å². The molecule has 54 heavy (non-hydrogen) atoms. The second-order valence-corrected chi connectivity index (χ2v) is 13.7. The molecule has 0 saturated heterocycles. The van der Waals surface area contributed by atoms with Gasteiger partial charge in [-0.05, 0) is 64.2 Å². The van der Waals surface area contributed by atoms with E-state index in [0.29, 0.717) is 29.1 Å². The molecule has 11 rings (SSSR count). The first-order valence-electron chi connectivity index (χ1n) is 18.2. The molecule has 6 aromatic carbocycles. The van der Waals surface area contributed by atoms with Crippen molar-refractivity contribution in [1.29, 1.82) is 0 Å². The summed E-state index contributed by atoms with van der Waals surface area (Å²) in [5, 5.41) is 6.17. The largest absolute Gasteiger partial charge is 0.456 e. The highest BCUT2D eigenvalue weighted by Crippen LogP contribution is 2.41. The summed E-state index contributed by atoms with van der Waals surface area (Å²) in [6.07, 6.45) is 11.5. The molecule has 4 aromatic heterocycles. The van der Waals surface area contributed by atoms with Gasteiger partial charge in [0.2, 0.25) is 5.71 Å². The van der Waals surface area contributed by atoms with Gasteiger partial charge in [-0.15, -0.1) is 0 Å². The molecule has 1 atom stereocenters. The fourth-order valence-electron chi connectivity index (χ4n) is 8.05. The van der Waals surface area contributed by atoms with Crippen LogP contribution < -0.4 is 0 Å². The minimum absolute atomic E-state index is 0.297. The number of allylic oxidation sites excluding steroid dienone is 4. The maximum Gasteiger partial charge on any atom is 0.227 e. The van der Waals surface area contributed by atoms with Crippen LogP contribution in [0.2, 0.25) is 0 Å². The average molecular weight is 695 g/mol. The van der Waals surface area contributed by atoms with Crippen molar-refractivity contribution in [2.24, 2.45) is 0 Å². The molecule has 0 saturated carbocycles. The maximum absolute atomic E-state index is 6.30. The molecule has 6 heteroatoms. The molecule has 254 valence electrons. The first kappa shape index (κ1) is 30.4. The molecular formula is C48H30N4O2. The average Bonchev–Trinajstić information content (AvgIpc) is 3.82. The van der Waals surface area contributed by atoms with E-state index >= 15 is 0 Å². The Morgan fingerprint density at radius 3 is 1.96 bits per heavy atom. The van der Waals surface area contributed by atoms with Gasteiger partial charge in [0.15, 0.2) is 17.5 Å². The minimum Gasteiger partial charge on any atom is -0.456 e. The summed E-state index contributed by atoms with van der Waals surface area (Å²) in [5.41, 5.74) is 9.19. The Balaban J connectivity index is 1.15. The van der Waals surface area contributed by atoms with Crippen LogP contribution in [0.4, 0.5) is 0 Å². The van der Waals surface area contributed by atoms with Crippen molar-refractivity contribution < 1.29 is 8.83 Å². The number of fused-ring (bicyclic) bond motifs is 7. The van der Waals surface area contributed by atoms with E-state index in [-0.39, 0.29) is 0 Å². The van der Waals surface area contributed by atoms with Crippen molar-refractivity contribution in [2.75, 3.05) is 0 Å². The van der Waals surface area contributed by atoms with E-state index in [2.05, 4.69) is 114 Å². The molecule has 10 aromatic rings. The van der Waals surface area contributed by atoms with Crippen LogP contribution in [0.25, 0.3) is 100 Å². The lowest BCUT2D eigenvalue weighted by Crippen LogP contribution is -2.02. The second kappa shape index (κ2) is 12.2. The predicted octanol–water partition coefficient (Wildman–Crippen LogP) is 12.5. The van der Waals surface area contributed by atoms with Crippen molar-refractivity contribution in [2.45, 2.75) is 12.3 Å². The standard InChI is InChI=1S/C48H30N4O2/c1-2-12-29(13-3-1)30-14-8-15-31(28-30)45-50-46(52-47(51-45)39-22-11-25-42-43(39)37-16-4-6-23-40(37)53-42)36-21-10-18-32-33(19-9-20-34(32)36)35-26-27-49-48-44(35)38-17-5-7-24-41(38)54-48/h1-12,14-29H,13H2. The molecule has 1 aliphatic rings. The van der Waals surface area contributed by atoms with Gasteiger partial charge in [-0.3, -0.25) is 0 Å². The lowest BCUT2D eigenvalue weighted by molar-refractivity contribution is 0.654. The van der Waals surface area contributed by atoms with Crippen LogP contribution in [0.3, 0.4) is 0 Å². The lowest BCUT2D eigenvalue weighted by atomic mass is 9.91. The third-order valence-corrected chi connectivity index (χ3v) is 10.6. The van der Waals surface area contributed by atoms with E-state index in [1.807, 2.05) is 54.7 Å². The number of furan rings is 2. The van der Waals surface area contributed by atoms with Crippen molar-refractivity contribution in [3.63, 3.8) is 0 Å². The first-order valence-corrected chi connectivity index (χ1v) is 18.2. The molecule has 0 aliphatic heterocycles. The predicted molar refractivity (Wildman–Crippen MR) is 217 cm³/mol.